The molecule has 14 nitrogen and oxygen atoms in total. The van der Waals surface area contributed by atoms with Crippen LogP contribution in [-0.2, 0) is 28.7 Å². The van der Waals surface area contributed by atoms with Gasteiger partial charge in [0.05, 0.1) is 25.4 Å². The standard InChI is InChI=1S/C19H26BN3O3.C11H17BN2O2.C7H10N2O2/c1-4-16-13(2)19(22-21-16)17(24)11-14-5-7-15(8-6-14)18-12-23(20(3)25)9-10-26-18;1-12(15)14-6-7-16-11(8-14)9-2-4-10(13)5-3-9;1-3-5-4(2)6(7(10)11)9-8-5/h5-8,18,25H,4,9-12H2,1-3H3,(H,21,22);2-5,11,15H,6-8,13H2,1H3;3H2,1-2H3,(H,8,9)(H,10,11)/t18-;11-;/m11./s1. The van der Waals surface area contributed by atoms with Crippen molar-refractivity contribution in [3.63, 3.8) is 0 Å². The van der Waals surface area contributed by atoms with E-state index >= 15 is 0 Å². The predicted molar refractivity (Wildman–Crippen MR) is 206 cm³/mol. The SMILES string of the molecule is CB(O)N1CCO[C@@H](c2ccc(N)cc2)C1.CCc1[nH]nc(C(=O)Cc2ccc([C@H]3CN(B(C)O)CCO3)cc2)c1C.CCc1[nH]nc(C(=O)O)c1C. The molecule has 2 aliphatic heterocycles. The highest BCUT2D eigenvalue weighted by Crippen LogP contribution is 2.25. The van der Waals surface area contributed by atoms with E-state index in [1.165, 1.54) is 0 Å². The van der Waals surface area contributed by atoms with Crippen LogP contribution in [0.15, 0.2) is 48.5 Å². The summed E-state index contributed by atoms with van der Waals surface area (Å²) >= 11 is 0. The minimum absolute atomic E-state index is 0.0281. The number of carbonyl (C=O) groups excluding carboxylic acids is 1. The fourth-order valence-electron chi connectivity index (χ4n) is 6.29. The maximum Gasteiger partial charge on any atom is 0.376 e. The van der Waals surface area contributed by atoms with Gasteiger partial charge in [0, 0.05) is 60.8 Å². The van der Waals surface area contributed by atoms with Crippen molar-refractivity contribution in [2.75, 3.05) is 45.1 Å². The van der Waals surface area contributed by atoms with Crippen LogP contribution in [0.25, 0.3) is 0 Å². The summed E-state index contributed by atoms with van der Waals surface area (Å²) < 4.78 is 11.5. The monoisotopic (exact) mass is 729 g/mol. The van der Waals surface area contributed by atoms with Gasteiger partial charge in [-0.3, -0.25) is 15.0 Å². The van der Waals surface area contributed by atoms with E-state index in [0.717, 1.165) is 77.4 Å². The summed E-state index contributed by atoms with van der Waals surface area (Å²) in [4.78, 5) is 27.0. The second-order valence-electron chi connectivity index (χ2n) is 13.3. The molecule has 4 heterocycles. The number of nitrogens with one attached hydrogen (secondary N) is 2. The molecule has 0 radical (unpaired) electrons. The highest BCUT2D eigenvalue weighted by atomic mass is 16.5. The first-order valence-electron chi connectivity index (χ1n) is 18.2. The van der Waals surface area contributed by atoms with Crippen molar-refractivity contribution in [1.82, 2.24) is 30.0 Å². The van der Waals surface area contributed by atoms with Crippen LogP contribution in [0, 0.1) is 13.8 Å². The van der Waals surface area contributed by atoms with Crippen LogP contribution in [0.3, 0.4) is 0 Å². The molecule has 2 atom stereocenters. The van der Waals surface area contributed by atoms with Gasteiger partial charge in [-0.05, 0) is 69.2 Å². The van der Waals surface area contributed by atoms with Crippen molar-refractivity contribution in [2.24, 2.45) is 0 Å². The minimum atomic E-state index is -0.974. The predicted octanol–water partition coefficient (Wildman–Crippen LogP) is 3.92. The molecule has 2 saturated heterocycles. The quantitative estimate of drug-likeness (QED) is 0.0782. The van der Waals surface area contributed by atoms with Crippen LogP contribution in [-0.4, -0.2) is 110 Å². The Balaban J connectivity index is 0.000000197. The number of hydrogen-bond acceptors (Lipinski definition) is 11. The van der Waals surface area contributed by atoms with Gasteiger partial charge < -0.3 is 40.0 Å². The number of aromatic amines is 2. The fourth-order valence-corrected chi connectivity index (χ4v) is 6.29. The fraction of sp³-hybridized carbons (Fsp3) is 0.459. The molecule has 0 aliphatic carbocycles. The number of ketones is 1. The molecule has 0 saturated carbocycles. The van der Waals surface area contributed by atoms with Gasteiger partial charge in [0.25, 0.3) is 0 Å². The van der Waals surface area contributed by atoms with Gasteiger partial charge in [-0.25, -0.2) is 4.79 Å². The van der Waals surface area contributed by atoms with Crippen molar-refractivity contribution in [3.05, 3.63) is 99.1 Å². The van der Waals surface area contributed by atoms with Gasteiger partial charge >= 0.3 is 20.1 Å². The van der Waals surface area contributed by atoms with Crippen molar-refractivity contribution in [3.8, 4) is 0 Å². The Morgan fingerprint density at radius 3 is 1.62 bits per heavy atom. The zero-order valence-corrected chi connectivity index (χ0v) is 31.6. The number of aryl methyl sites for hydroxylation is 2. The number of H-pyrrole nitrogens is 2. The van der Waals surface area contributed by atoms with E-state index in [2.05, 4.69) is 20.4 Å². The smallest absolute Gasteiger partial charge is 0.376 e. The topological polar surface area (TPSA) is 203 Å². The molecule has 0 spiro atoms. The third-order valence-corrected chi connectivity index (χ3v) is 9.67. The second kappa shape index (κ2) is 19.7. The Kier molecular flexibility index (Phi) is 15.4. The summed E-state index contributed by atoms with van der Waals surface area (Å²) in [6.45, 7) is 15.4. The first kappa shape index (κ1) is 41.4. The summed E-state index contributed by atoms with van der Waals surface area (Å²) in [5.74, 6) is -0.946. The maximum absolute atomic E-state index is 12.5. The van der Waals surface area contributed by atoms with Crippen molar-refractivity contribution in [2.45, 2.75) is 72.8 Å². The van der Waals surface area contributed by atoms with E-state index in [1.54, 1.807) is 20.6 Å². The summed E-state index contributed by atoms with van der Waals surface area (Å²) in [5.41, 5.74) is 13.8. The summed E-state index contributed by atoms with van der Waals surface area (Å²) in [5, 5.41) is 41.3. The molecule has 7 N–H and O–H groups in total. The zero-order valence-electron chi connectivity index (χ0n) is 31.6. The number of Topliss-reactive ketones (excluding diaryl/α,β-unsaturated/α-hetero) is 1. The van der Waals surface area contributed by atoms with Crippen molar-refractivity contribution in [1.29, 1.82) is 0 Å². The average Bonchev–Trinajstić information content (AvgIpc) is 3.74. The molecule has 284 valence electrons. The van der Waals surface area contributed by atoms with E-state index in [4.69, 9.17) is 20.3 Å². The third kappa shape index (κ3) is 11.3. The molecule has 0 unspecified atom stereocenters. The molecule has 4 aromatic rings. The molecule has 6 rings (SSSR count). The van der Waals surface area contributed by atoms with Crippen molar-refractivity contribution >= 4 is 31.5 Å². The van der Waals surface area contributed by atoms with Crippen LogP contribution in [0.1, 0.15) is 86.2 Å². The normalized spacial score (nSPS) is 17.6. The molecular formula is C37H53B2N7O7. The van der Waals surface area contributed by atoms with Gasteiger partial charge in [0.2, 0.25) is 0 Å². The first-order chi connectivity index (χ1) is 25.3. The lowest BCUT2D eigenvalue weighted by molar-refractivity contribution is -0.00808. The number of nitrogens with zero attached hydrogens (tertiary/aromatic N) is 4. The van der Waals surface area contributed by atoms with Crippen LogP contribution in [0.4, 0.5) is 5.69 Å². The van der Waals surface area contributed by atoms with Crippen LogP contribution >= 0.6 is 0 Å². The molecule has 2 aliphatic rings. The van der Waals surface area contributed by atoms with Gasteiger partial charge in [0.15, 0.2) is 11.5 Å². The van der Waals surface area contributed by atoms with E-state index in [0.29, 0.717) is 31.9 Å². The van der Waals surface area contributed by atoms with Crippen LogP contribution in [0.2, 0.25) is 13.6 Å². The Morgan fingerprint density at radius 2 is 1.23 bits per heavy atom. The first-order valence-corrected chi connectivity index (χ1v) is 18.2. The number of anilines is 1. The number of morpholine rings is 2. The summed E-state index contributed by atoms with van der Waals surface area (Å²) in [6.07, 6.45) is 1.94. The minimum Gasteiger partial charge on any atom is -0.476 e. The number of nitrogen functional groups attached to an aromatic ring is 1. The molecule has 16 heteroatoms. The summed E-state index contributed by atoms with van der Waals surface area (Å²) in [7, 11) is -0.886. The van der Waals surface area contributed by atoms with E-state index < -0.39 is 20.1 Å². The van der Waals surface area contributed by atoms with Gasteiger partial charge in [-0.15, -0.1) is 0 Å². The Bertz CT molecular complexity index is 1760. The lowest BCUT2D eigenvalue weighted by Crippen LogP contribution is -2.46. The number of benzene rings is 2. The number of carboxylic acid groups (broad SMARTS) is 1. The largest absolute Gasteiger partial charge is 0.476 e. The van der Waals surface area contributed by atoms with Crippen LogP contribution < -0.4 is 5.73 Å². The number of rotatable bonds is 10. The average molecular weight is 729 g/mol. The lowest BCUT2D eigenvalue weighted by Gasteiger charge is -2.33. The molecule has 53 heavy (non-hydrogen) atoms. The molecule has 2 aromatic heterocycles. The van der Waals surface area contributed by atoms with Gasteiger partial charge in [-0.1, -0.05) is 50.2 Å². The number of ether oxygens (including phenoxy) is 2. The van der Waals surface area contributed by atoms with E-state index in [1.807, 2.05) is 78.9 Å². The number of carbonyl (C=O) groups is 2. The highest BCUT2D eigenvalue weighted by molar-refractivity contribution is 6.45. The highest BCUT2D eigenvalue weighted by Gasteiger charge is 2.27. The van der Waals surface area contributed by atoms with Gasteiger partial charge in [-0.2, -0.15) is 10.2 Å². The molecular weight excluding hydrogens is 676 g/mol. The van der Waals surface area contributed by atoms with Crippen LogP contribution in [0.5, 0.6) is 0 Å². The Morgan fingerprint density at radius 1 is 0.792 bits per heavy atom. The maximum atomic E-state index is 12.5. The number of carboxylic acids is 1. The number of hydrogen-bond donors (Lipinski definition) is 6. The molecule has 0 amide bonds. The Hall–Kier alpha value is -4.31. The molecule has 2 fully saturated rings. The van der Waals surface area contributed by atoms with E-state index in [-0.39, 0.29) is 23.7 Å². The number of nitrogens with two attached hydrogens (primary N) is 1. The Labute approximate surface area is 312 Å². The molecule has 2 aromatic carbocycles. The van der Waals surface area contributed by atoms with E-state index in [9.17, 15) is 19.6 Å². The second-order valence-corrected chi connectivity index (χ2v) is 13.3. The van der Waals surface area contributed by atoms with Crippen molar-refractivity contribution < 1.29 is 34.2 Å². The number of aromatic nitrogens is 4. The lowest BCUT2D eigenvalue weighted by atomic mass is 9.83. The zero-order chi connectivity index (χ0) is 38.7. The third-order valence-electron chi connectivity index (χ3n) is 9.67. The number of aromatic carboxylic acids is 1. The van der Waals surface area contributed by atoms with Gasteiger partial charge in [0.1, 0.15) is 5.69 Å². The summed E-state index contributed by atoms with van der Waals surface area (Å²) in [6, 6.07) is 15.7. The molecule has 0 bridgehead atoms.